The largest absolute Gasteiger partial charge is 0.466 e. The average Bonchev–Trinajstić information content (AvgIpc) is 2.52. The molecule has 2 heteroatoms. The average molecular weight is 306 g/mol. The molecule has 0 unspecified atom stereocenters. The number of hydrogen-bond acceptors (Lipinski definition) is 2. The van der Waals surface area contributed by atoms with Gasteiger partial charge in [-0.25, -0.2) is 0 Å². The number of allylic oxidation sites excluding steroid dienone is 4. The Labute approximate surface area is 137 Å². The van der Waals surface area contributed by atoms with E-state index in [1.807, 2.05) is 0 Å². The van der Waals surface area contributed by atoms with Crippen LogP contribution in [0.2, 0.25) is 0 Å². The molecule has 0 saturated heterocycles. The molecule has 0 spiro atoms. The Balaban J connectivity index is 2.19. The lowest BCUT2D eigenvalue weighted by Gasteiger charge is -2.04. The lowest BCUT2D eigenvalue weighted by Crippen LogP contribution is -2.05. The van der Waals surface area contributed by atoms with Gasteiger partial charge in [-0.3, -0.25) is 4.79 Å². The zero-order chi connectivity index (χ0) is 15.7. The van der Waals surface area contributed by atoms with Gasteiger partial charge in [0.2, 0.25) is 0 Å². The van der Waals surface area contributed by atoms with Crippen LogP contribution >= 0.6 is 0 Å². The third-order valence-electron chi connectivity index (χ3n) is 4.16. The van der Waals surface area contributed by atoms with Crippen molar-refractivity contribution in [2.75, 3.05) is 6.61 Å². The molecular formula is C20H34O2. The zero-order valence-corrected chi connectivity index (χ0v) is 14.2. The first-order chi connectivity index (χ1) is 10.9. The number of carbonyl (C=O) groups excluding carboxylic acids is 1. The van der Waals surface area contributed by atoms with Crippen molar-refractivity contribution in [2.24, 2.45) is 0 Å². The summed E-state index contributed by atoms with van der Waals surface area (Å²) in [6.45, 7) is 0.586. The van der Waals surface area contributed by atoms with Gasteiger partial charge in [0.25, 0.3) is 0 Å². The van der Waals surface area contributed by atoms with Crippen LogP contribution in [0.4, 0.5) is 0 Å². The predicted molar refractivity (Wildman–Crippen MR) is 93.9 cm³/mol. The maximum atomic E-state index is 11.6. The topological polar surface area (TPSA) is 26.3 Å². The molecule has 0 radical (unpaired) electrons. The number of cyclic esters (lactones) is 1. The molecule has 0 aliphatic carbocycles. The van der Waals surface area contributed by atoms with Crippen molar-refractivity contribution in [3.05, 3.63) is 24.3 Å². The van der Waals surface area contributed by atoms with Crippen LogP contribution in [0.25, 0.3) is 0 Å². The summed E-state index contributed by atoms with van der Waals surface area (Å²) in [6, 6.07) is 0. The molecule has 0 N–H and O–H groups in total. The fourth-order valence-electron chi connectivity index (χ4n) is 2.74. The molecular weight excluding hydrogens is 272 g/mol. The van der Waals surface area contributed by atoms with Crippen LogP contribution in [0, 0.1) is 0 Å². The van der Waals surface area contributed by atoms with Gasteiger partial charge in [0.05, 0.1) is 6.61 Å². The Bertz CT molecular complexity index is 318. The zero-order valence-electron chi connectivity index (χ0n) is 14.2. The molecule has 126 valence electrons. The second kappa shape index (κ2) is 14.9. The third kappa shape index (κ3) is 12.7. The SMILES string of the molecule is O=C1CCCCCCCCCCC/C=C/C=C/CCCCO1. The molecule has 0 amide bonds. The number of esters is 1. The van der Waals surface area contributed by atoms with Crippen LogP contribution < -0.4 is 0 Å². The highest BCUT2D eigenvalue weighted by atomic mass is 16.5. The van der Waals surface area contributed by atoms with Gasteiger partial charge in [0.1, 0.15) is 0 Å². The molecule has 1 heterocycles. The summed E-state index contributed by atoms with van der Waals surface area (Å²) in [6.07, 6.45) is 25.3. The summed E-state index contributed by atoms with van der Waals surface area (Å²) in [5.41, 5.74) is 0. The van der Waals surface area contributed by atoms with Crippen molar-refractivity contribution in [2.45, 2.75) is 89.9 Å². The van der Waals surface area contributed by atoms with Crippen molar-refractivity contribution in [1.82, 2.24) is 0 Å². The maximum absolute atomic E-state index is 11.6. The third-order valence-corrected chi connectivity index (χ3v) is 4.16. The van der Waals surface area contributed by atoms with E-state index < -0.39 is 0 Å². The van der Waals surface area contributed by atoms with Crippen molar-refractivity contribution in [1.29, 1.82) is 0 Å². The van der Waals surface area contributed by atoms with Gasteiger partial charge in [-0.15, -0.1) is 0 Å². The van der Waals surface area contributed by atoms with E-state index in [1.54, 1.807) is 0 Å². The standard InChI is InChI=1S/C20H34O2/c21-20-18-16-14-12-10-8-6-4-2-1-3-5-7-9-11-13-15-17-19-22-20/h5,7,9,11H,1-4,6,8,10,12-19H2/b7-5+,11-9+. The van der Waals surface area contributed by atoms with E-state index in [9.17, 15) is 4.79 Å². The van der Waals surface area contributed by atoms with Crippen molar-refractivity contribution in [3.8, 4) is 0 Å². The molecule has 0 aromatic heterocycles. The molecule has 1 aliphatic rings. The van der Waals surface area contributed by atoms with Gasteiger partial charge < -0.3 is 4.74 Å². The van der Waals surface area contributed by atoms with E-state index in [2.05, 4.69) is 24.3 Å². The van der Waals surface area contributed by atoms with Crippen LogP contribution in [-0.2, 0) is 9.53 Å². The number of ether oxygens (including phenoxy) is 1. The van der Waals surface area contributed by atoms with Crippen LogP contribution in [0.5, 0.6) is 0 Å². The quantitative estimate of drug-likeness (QED) is 0.504. The number of carbonyl (C=O) groups is 1. The summed E-state index contributed by atoms with van der Waals surface area (Å²) >= 11 is 0. The molecule has 0 atom stereocenters. The first-order valence-corrected chi connectivity index (χ1v) is 9.37. The minimum Gasteiger partial charge on any atom is -0.466 e. The van der Waals surface area contributed by atoms with Gasteiger partial charge >= 0.3 is 5.97 Å². The first-order valence-electron chi connectivity index (χ1n) is 9.37. The summed E-state index contributed by atoms with van der Waals surface area (Å²) in [5.74, 6) is -0.00985. The first kappa shape index (κ1) is 19.0. The molecule has 1 aliphatic heterocycles. The van der Waals surface area contributed by atoms with Crippen molar-refractivity contribution >= 4 is 5.97 Å². The van der Waals surface area contributed by atoms with Crippen molar-refractivity contribution < 1.29 is 9.53 Å². The van der Waals surface area contributed by atoms with Crippen LogP contribution in [-0.4, -0.2) is 12.6 Å². The summed E-state index contributed by atoms with van der Waals surface area (Å²) in [5, 5.41) is 0. The Morgan fingerprint density at radius 1 is 0.636 bits per heavy atom. The van der Waals surface area contributed by atoms with Crippen LogP contribution in [0.1, 0.15) is 89.9 Å². The Morgan fingerprint density at radius 2 is 1.14 bits per heavy atom. The van der Waals surface area contributed by atoms with Gasteiger partial charge in [-0.2, -0.15) is 0 Å². The second-order valence-corrected chi connectivity index (χ2v) is 6.29. The normalized spacial score (nSPS) is 24.6. The smallest absolute Gasteiger partial charge is 0.305 e. The highest BCUT2D eigenvalue weighted by Crippen LogP contribution is 2.12. The summed E-state index contributed by atoms with van der Waals surface area (Å²) < 4.78 is 5.26. The van der Waals surface area contributed by atoms with E-state index in [4.69, 9.17) is 4.74 Å². The Hall–Kier alpha value is -1.05. The van der Waals surface area contributed by atoms with Gasteiger partial charge in [0.15, 0.2) is 0 Å². The molecule has 22 heavy (non-hydrogen) atoms. The van der Waals surface area contributed by atoms with E-state index in [1.165, 1.54) is 57.8 Å². The molecule has 2 nitrogen and oxygen atoms in total. The molecule has 0 saturated carbocycles. The highest BCUT2D eigenvalue weighted by molar-refractivity contribution is 5.69. The molecule has 1 rings (SSSR count). The van der Waals surface area contributed by atoms with Gasteiger partial charge in [-0.1, -0.05) is 69.2 Å². The summed E-state index contributed by atoms with van der Waals surface area (Å²) in [7, 11) is 0. The summed E-state index contributed by atoms with van der Waals surface area (Å²) in [4.78, 5) is 11.6. The second-order valence-electron chi connectivity index (χ2n) is 6.29. The minimum absolute atomic E-state index is 0.00985. The lowest BCUT2D eigenvalue weighted by atomic mass is 10.1. The van der Waals surface area contributed by atoms with Crippen LogP contribution in [0.15, 0.2) is 24.3 Å². The molecule has 0 aromatic rings. The van der Waals surface area contributed by atoms with E-state index in [0.717, 1.165) is 25.7 Å². The monoisotopic (exact) mass is 306 g/mol. The van der Waals surface area contributed by atoms with E-state index in [-0.39, 0.29) is 5.97 Å². The molecule has 0 aromatic carbocycles. The highest BCUT2D eigenvalue weighted by Gasteiger charge is 2.02. The Morgan fingerprint density at radius 3 is 1.77 bits per heavy atom. The number of rotatable bonds is 0. The predicted octanol–water partition coefficient (Wildman–Crippen LogP) is 6.12. The van der Waals surface area contributed by atoms with Gasteiger partial charge in [0, 0.05) is 6.42 Å². The van der Waals surface area contributed by atoms with E-state index >= 15 is 0 Å². The number of hydrogen-bond donors (Lipinski definition) is 0. The molecule has 0 bridgehead atoms. The fraction of sp³-hybridized carbons (Fsp3) is 0.750. The Kier molecular flexibility index (Phi) is 12.8. The minimum atomic E-state index is -0.00985. The van der Waals surface area contributed by atoms with Gasteiger partial charge in [-0.05, 0) is 38.5 Å². The molecule has 0 fully saturated rings. The van der Waals surface area contributed by atoms with E-state index in [0.29, 0.717) is 13.0 Å². The maximum Gasteiger partial charge on any atom is 0.305 e. The lowest BCUT2D eigenvalue weighted by molar-refractivity contribution is -0.143. The fourth-order valence-corrected chi connectivity index (χ4v) is 2.74. The van der Waals surface area contributed by atoms with Crippen LogP contribution in [0.3, 0.4) is 0 Å². The van der Waals surface area contributed by atoms with Crippen molar-refractivity contribution in [3.63, 3.8) is 0 Å².